The molecule has 0 spiro atoms. The molecule has 3 heterocycles. The van der Waals surface area contributed by atoms with Gasteiger partial charge in [-0.05, 0) is 24.5 Å². The van der Waals surface area contributed by atoms with E-state index in [1.165, 1.54) is 12.0 Å². The lowest BCUT2D eigenvalue weighted by molar-refractivity contribution is -0.120. The van der Waals surface area contributed by atoms with Crippen molar-refractivity contribution in [1.29, 1.82) is 0 Å². The number of aromatic nitrogens is 3. The van der Waals surface area contributed by atoms with E-state index in [1.54, 1.807) is 30.2 Å². The van der Waals surface area contributed by atoms with Crippen LogP contribution in [0, 0.1) is 6.92 Å². The van der Waals surface area contributed by atoms with Gasteiger partial charge in [-0.15, -0.1) is 5.10 Å². The van der Waals surface area contributed by atoms with Gasteiger partial charge in [0.2, 0.25) is 11.8 Å². The van der Waals surface area contributed by atoms with E-state index in [1.807, 2.05) is 0 Å². The zero-order chi connectivity index (χ0) is 16.4. The maximum Gasteiger partial charge on any atom is 0.268 e. The summed E-state index contributed by atoms with van der Waals surface area (Å²) in [7, 11) is 1.52. The monoisotopic (exact) mass is 333 g/mol. The second-order valence-corrected chi connectivity index (χ2v) is 5.77. The molecule has 9 heteroatoms. The summed E-state index contributed by atoms with van der Waals surface area (Å²) in [4.78, 5) is 32.5. The summed E-state index contributed by atoms with van der Waals surface area (Å²) in [5, 5.41) is 3.84. The molecule has 0 radical (unpaired) electrons. The number of hydrogen-bond donors (Lipinski definition) is 0. The molecule has 1 aliphatic rings. The Hall–Kier alpha value is -2.55. The molecule has 1 aliphatic heterocycles. The molecule has 0 atom stereocenters. The van der Waals surface area contributed by atoms with Crippen molar-refractivity contribution in [3.8, 4) is 5.88 Å². The van der Waals surface area contributed by atoms with Gasteiger partial charge in [0.05, 0.1) is 18.5 Å². The van der Waals surface area contributed by atoms with Crippen LogP contribution in [0.1, 0.15) is 15.4 Å². The smallest absolute Gasteiger partial charge is 0.268 e. The third-order valence-electron chi connectivity index (χ3n) is 3.59. The van der Waals surface area contributed by atoms with E-state index in [2.05, 4.69) is 14.6 Å². The summed E-state index contributed by atoms with van der Waals surface area (Å²) in [5.74, 6) is 0.103. The fourth-order valence-electron chi connectivity index (χ4n) is 2.37. The summed E-state index contributed by atoms with van der Waals surface area (Å²) in [5.41, 5.74) is 1.30. The lowest BCUT2D eigenvalue weighted by Gasteiger charge is -2.34. The third-order valence-corrected chi connectivity index (χ3v) is 4.41. The first-order valence-corrected chi connectivity index (χ1v) is 7.76. The van der Waals surface area contributed by atoms with E-state index >= 15 is 0 Å². The Kier molecular flexibility index (Phi) is 4.20. The van der Waals surface area contributed by atoms with Crippen LogP contribution in [0.5, 0.6) is 5.88 Å². The molecule has 0 saturated carbocycles. The van der Waals surface area contributed by atoms with Crippen molar-refractivity contribution in [1.82, 2.24) is 19.5 Å². The number of ether oxygens (including phenoxy) is 1. The highest BCUT2D eigenvalue weighted by molar-refractivity contribution is 7.07. The molecule has 1 saturated heterocycles. The molecule has 0 aromatic carbocycles. The van der Waals surface area contributed by atoms with Crippen LogP contribution in [-0.2, 0) is 4.79 Å². The zero-order valence-electron chi connectivity index (χ0n) is 12.7. The van der Waals surface area contributed by atoms with E-state index < -0.39 is 0 Å². The number of anilines is 1. The zero-order valence-corrected chi connectivity index (χ0v) is 13.5. The van der Waals surface area contributed by atoms with Crippen molar-refractivity contribution in [2.75, 3.05) is 31.6 Å². The van der Waals surface area contributed by atoms with E-state index in [4.69, 9.17) is 4.74 Å². The molecule has 2 amide bonds. The fourth-order valence-corrected chi connectivity index (χ4v) is 2.99. The van der Waals surface area contributed by atoms with Crippen LogP contribution in [0.4, 0.5) is 5.69 Å². The SMILES string of the molecule is COc1cc(N2CCN(C(=O)c3snnc3C)CC2=O)ccn1. The topological polar surface area (TPSA) is 88.5 Å². The molecule has 1 fully saturated rings. The molecule has 2 aromatic rings. The maximum atomic E-state index is 12.4. The molecule has 0 bridgehead atoms. The van der Waals surface area contributed by atoms with Gasteiger partial charge in [-0.3, -0.25) is 9.59 Å². The maximum absolute atomic E-state index is 12.4. The minimum atomic E-state index is -0.196. The molecular formula is C14H15N5O3S. The number of carbonyl (C=O) groups is 2. The van der Waals surface area contributed by atoms with Crippen LogP contribution in [0.25, 0.3) is 0 Å². The number of rotatable bonds is 3. The first kappa shape index (κ1) is 15.3. The Morgan fingerprint density at radius 2 is 2.22 bits per heavy atom. The van der Waals surface area contributed by atoms with Gasteiger partial charge in [-0.25, -0.2) is 4.98 Å². The number of hydrogen-bond acceptors (Lipinski definition) is 7. The van der Waals surface area contributed by atoms with Gasteiger partial charge in [-0.1, -0.05) is 4.49 Å². The lowest BCUT2D eigenvalue weighted by atomic mass is 10.2. The van der Waals surface area contributed by atoms with E-state index in [-0.39, 0.29) is 18.4 Å². The number of amides is 2. The van der Waals surface area contributed by atoms with Crippen LogP contribution < -0.4 is 9.64 Å². The van der Waals surface area contributed by atoms with Crippen LogP contribution in [-0.4, -0.2) is 58.0 Å². The van der Waals surface area contributed by atoms with Crippen molar-refractivity contribution in [2.45, 2.75) is 6.92 Å². The molecule has 120 valence electrons. The first-order chi connectivity index (χ1) is 11.1. The Morgan fingerprint density at radius 1 is 1.39 bits per heavy atom. The summed E-state index contributed by atoms with van der Waals surface area (Å²) < 4.78 is 8.84. The largest absolute Gasteiger partial charge is 0.481 e. The van der Waals surface area contributed by atoms with Crippen molar-refractivity contribution in [3.63, 3.8) is 0 Å². The molecular weight excluding hydrogens is 318 g/mol. The van der Waals surface area contributed by atoms with Crippen LogP contribution in [0.2, 0.25) is 0 Å². The Labute approximate surface area is 136 Å². The van der Waals surface area contributed by atoms with Gasteiger partial charge in [0, 0.05) is 25.4 Å². The standard InChI is InChI=1S/C14H15N5O3S/c1-9-13(23-17-16-9)14(21)18-5-6-19(12(20)8-18)10-3-4-15-11(7-10)22-2/h3-4,7H,5-6,8H2,1-2H3. The minimum Gasteiger partial charge on any atom is -0.481 e. The average Bonchev–Trinajstić information content (AvgIpc) is 3.00. The quantitative estimate of drug-likeness (QED) is 0.823. The predicted octanol–water partition coefficient (Wildman–Crippen LogP) is 0.739. The minimum absolute atomic E-state index is 0.0286. The number of pyridine rings is 1. The highest BCUT2D eigenvalue weighted by Gasteiger charge is 2.30. The van der Waals surface area contributed by atoms with Crippen LogP contribution in [0.15, 0.2) is 18.3 Å². The van der Waals surface area contributed by atoms with E-state index in [9.17, 15) is 9.59 Å². The number of nitrogens with zero attached hydrogens (tertiary/aromatic N) is 5. The average molecular weight is 333 g/mol. The molecule has 2 aromatic heterocycles. The van der Waals surface area contributed by atoms with Gasteiger partial charge in [0.1, 0.15) is 11.4 Å². The van der Waals surface area contributed by atoms with E-state index in [0.717, 1.165) is 11.5 Å². The van der Waals surface area contributed by atoms with Gasteiger partial charge >= 0.3 is 0 Å². The fraction of sp³-hybridized carbons (Fsp3) is 0.357. The van der Waals surface area contributed by atoms with Crippen LogP contribution >= 0.6 is 11.5 Å². The predicted molar refractivity (Wildman–Crippen MR) is 83.7 cm³/mol. The Morgan fingerprint density at radius 3 is 2.87 bits per heavy atom. The highest BCUT2D eigenvalue weighted by atomic mass is 32.1. The Balaban J connectivity index is 1.73. The number of methoxy groups -OCH3 is 1. The third kappa shape index (κ3) is 3.00. The van der Waals surface area contributed by atoms with Crippen molar-refractivity contribution in [2.24, 2.45) is 0 Å². The van der Waals surface area contributed by atoms with Gasteiger partial charge in [-0.2, -0.15) is 0 Å². The molecule has 23 heavy (non-hydrogen) atoms. The van der Waals surface area contributed by atoms with Gasteiger partial charge in [0.25, 0.3) is 5.91 Å². The molecule has 0 aliphatic carbocycles. The second-order valence-electron chi connectivity index (χ2n) is 5.02. The molecule has 8 nitrogen and oxygen atoms in total. The van der Waals surface area contributed by atoms with Crippen molar-refractivity contribution in [3.05, 3.63) is 28.9 Å². The summed E-state index contributed by atoms with van der Waals surface area (Å²) in [6.07, 6.45) is 1.59. The van der Waals surface area contributed by atoms with Gasteiger partial charge < -0.3 is 14.5 Å². The lowest BCUT2D eigenvalue weighted by Crippen LogP contribution is -2.52. The molecule has 0 N–H and O–H groups in total. The second kappa shape index (κ2) is 6.29. The van der Waals surface area contributed by atoms with Gasteiger partial charge in [0.15, 0.2) is 0 Å². The number of carbonyl (C=O) groups excluding carboxylic acids is 2. The van der Waals surface area contributed by atoms with Crippen molar-refractivity contribution < 1.29 is 14.3 Å². The summed E-state index contributed by atoms with van der Waals surface area (Å²) in [6, 6.07) is 3.45. The van der Waals surface area contributed by atoms with Crippen molar-refractivity contribution >= 4 is 29.0 Å². The van der Waals surface area contributed by atoms with E-state index in [0.29, 0.717) is 35.2 Å². The molecule has 0 unspecified atom stereocenters. The molecule has 3 rings (SSSR count). The number of aryl methyl sites for hydroxylation is 1. The normalized spacial score (nSPS) is 15.0. The first-order valence-electron chi connectivity index (χ1n) is 6.99. The summed E-state index contributed by atoms with van der Waals surface area (Å²) in [6.45, 7) is 2.63. The highest BCUT2D eigenvalue weighted by Crippen LogP contribution is 2.22. The number of piperazine rings is 1. The summed E-state index contributed by atoms with van der Waals surface area (Å²) >= 11 is 1.05. The Bertz CT molecular complexity index is 748. The van der Waals surface area contributed by atoms with Crippen LogP contribution in [0.3, 0.4) is 0 Å².